The summed E-state index contributed by atoms with van der Waals surface area (Å²) in [7, 11) is 0. The number of fused-ring (bicyclic) bond motifs is 1. The van der Waals surface area contributed by atoms with E-state index in [1.807, 2.05) is 4.90 Å². The van der Waals surface area contributed by atoms with Crippen LogP contribution in [0.3, 0.4) is 0 Å². The van der Waals surface area contributed by atoms with Crippen molar-refractivity contribution in [1.82, 2.24) is 4.90 Å². The lowest BCUT2D eigenvalue weighted by Crippen LogP contribution is -2.35. The Hall–Kier alpha value is -1.91. The number of ether oxygens (including phenoxy) is 3. The molecule has 0 atom stereocenters. The Kier molecular flexibility index (Phi) is 3.95. The van der Waals surface area contributed by atoms with Gasteiger partial charge in [-0.05, 0) is 25.0 Å². The van der Waals surface area contributed by atoms with E-state index in [1.54, 1.807) is 18.2 Å². The van der Waals surface area contributed by atoms with Gasteiger partial charge in [0.2, 0.25) is 6.79 Å². The molecule has 20 heavy (non-hydrogen) atoms. The normalized spacial score (nSPS) is 17.7. The van der Waals surface area contributed by atoms with Gasteiger partial charge in [0.25, 0.3) is 5.91 Å². The number of amides is 1. The Balaban J connectivity index is 1.54. The van der Waals surface area contributed by atoms with Crippen molar-refractivity contribution in [2.24, 2.45) is 0 Å². The van der Waals surface area contributed by atoms with Crippen LogP contribution in [0.4, 0.5) is 0 Å². The molecule has 0 spiro atoms. The van der Waals surface area contributed by atoms with Crippen LogP contribution in [0.25, 0.3) is 0 Å². The molecule has 1 amide bonds. The van der Waals surface area contributed by atoms with Gasteiger partial charge < -0.3 is 19.1 Å². The Morgan fingerprint density at radius 1 is 1.10 bits per heavy atom. The van der Waals surface area contributed by atoms with Gasteiger partial charge in [0, 0.05) is 19.2 Å². The minimum atomic E-state index is 0.0598. The second kappa shape index (κ2) is 6.03. The van der Waals surface area contributed by atoms with Crippen LogP contribution in [0, 0.1) is 0 Å². The van der Waals surface area contributed by atoms with Crippen molar-refractivity contribution in [3.63, 3.8) is 0 Å². The lowest BCUT2D eigenvalue weighted by Gasteiger charge is -2.20. The van der Waals surface area contributed by atoms with E-state index in [0.29, 0.717) is 11.5 Å². The molecule has 0 radical (unpaired) electrons. The van der Waals surface area contributed by atoms with Crippen LogP contribution >= 0.6 is 0 Å². The predicted molar refractivity (Wildman–Crippen MR) is 73.1 cm³/mol. The minimum absolute atomic E-state index is 0.0598. The zero-order valence-corrected chi connectivity index (χ0v) is 11.5. The molecule has 3 rings (SSSR count). The zero-order chi connectivity index (χ0) is 13.8. The monoisotopic (exact) mass is 277 g/mol. The molecule has 1 fully saturated rings. The average molecular weight is 277 g/mol. The fourth-order valence-corrected chi connectivity index (χ4v) is 2.52. The van der Waals surface area contributed by atoms with E-state index in [0.717, 1.165) is 31.7 Å². The Morgan fingerprint density at radius 3 is 2.65 bits per heavy atom. The number of rotatable bonds is 3. The van der Waals surface area contributed by atoms with E-state index in [9.17, 15) is 4.79 Å². The number of carbonyl (C=O) groups is 1. The van der Waals surface area contributed by atoms with E-state index in [2.05, 4.69) is 0 Å². The van der Waals surface area contributed by atoms with Gasteiger partial charge >= 0.3 is 0 Å². The molecular formula is C15H19NO4. The van der Waals surface area contributed by atoms with Crippen molar-refractivity contribution in [3.8, 4) is 17.2 Å². The summed E-state index contributed by atoms with van der Waals surface area (Å²) in [5.74, 6) is 2.09. The van der Waals surface area contributed by atoms with E-state index in [4.69, 9.17) is 14.2 Å². The molecule has 0 bridgehead atoms. The fraction of sp³-hybridized carbons (Fsp3) is 0.533. The van der Waals surface area contributed by atoms with E-state index in [-0.39, 0.29) is 19.3 Å². The lowest BCUT2D eigenvalue weighted by atomic mass is 10.2. The predicted octanol–water partition coefficient (Wildman–Crippen LogP) is 2.20. The summed E-state index contributed by atoms with van der Waals surface area (Å²) in [6, 6.07) is 5.36. The van der Waals surface area contributed by atoms with Gasteiger partial charge in [-0.3, -0.25) is 4.79 Å². The minimum Gasteiger partial charge on any atom is -0.484 e. The van der Waals surface area contributed by atoms with Gasteiger partial charge in [-0.1, -0.05) is 12.8 Å². The molecule has 5 nitrogen and oxygen atoms in total. The molecule has 0 unspecified atom stereocenters. The van der Waals surface area contributed by atoms with E-state index in [1.165, 1.54) is 12.8 Å². The fourth-order valence-electron chi connectivity index (χ4n) is 2.52. The number of likely N-dealkylation sites (tertiary alicyclic amines) is 1. The SMILES string of the molecule is O=C(COc1ccc2c(c1)OCO2)N1CCCCCC1. The number of carbonyl (C=O) groups excluding carboxylic acids is 1. The summed E-state index contributed by atoms with van der Waals surface area (Å²) in [6.45, 7) is 2.03. The summed E-state index contributed by atoms with van der Waals surface area (Å²) in [5, 5.41) is 0. The first kappa shape index (κ1) is 13.1. The molecule has 1 saturated heterocycles. The second-order valence-electron chi connectivity index (χ2n) is 5.10. The smallest absolute Gasteiger partial charge is 0.260 e. The molecule has 0 N–H and O–H groups in total. The Bertz CT molecular complexity index is 481. The van der Waals surface area contributed by atoms with Crippen LogP contribution in [-0.2, 0) is 4.79 Å². The van der Waals surface area contributed by atoms with Crippen LogP contribution < -0.4 is 14.2 Å². The molecule has 1 aromatic carbocycles. The first-order valence-corrected chi connectivity index (χ1v) is 7.13. The Morgan fingerprint density at radius 2 is 1.85 bits per heavy atom. The van der Waals surface area contributed by atoms with Crippen molar-refractivity contribution < 1.29 is 19.0 Å². The molecule has 0 saturated carbocycles. The third kappa shape index (κ3) is 2.98. The number of nitrogens with zero attached hydrogens (tertiary/aromatic N) is 1. The van der Waals surface area contributed by atoms with Crippen molar-refractivity contribution in [2.45, 2.75) is 25.7 Å². The highest BCUT2D eigenvalue weighted by Crippen LogP contribution is 2.35. The quantitative estimate of drug-likeness (QED) is 0.849. The van der Waals surface area contributed by atoms with E-state index >= 15 is 0 Å². The van der Waals surface area contributed by atoms with Gasteiger partial charge in [-0.2, -0.15) is 0 Å². The van der Waals surface area contributed by atoms with Crippen LogP contribution in [0.15, 0.2) is 18.2 Å². The van der Waals surface area contributed by atoms with Crippen LogP contribution in [0.5, 0.6) is 17.2 Å². The van der Waals surface area contributed by atoms with Gasteiger partial charge in [0.15, 0.2) is 18.1 Å². The number of hydrogen-bond acceptors (Lipinski definition) is 4. The molecule has 1 aromatic rings. The maximum Gasteiger partial charge on any atom is 0.260 e. The van der Waals surface area contributed by atoms with Gasteiger partial charge in [-0.15, -0.1) is 0 Å². The van der Waals surface area contributed by atoms with Crippen LogP contribution in [0.2, 0.25) is 0 Å². The molecular weight excluding hydrogens is 258 g/mol. The number of benzene rings is 1. The lowest BCUT2D eigenvalue weighted by molar-refractivity contribution is -0.133. The van der Waals surface area contributed by atoms with Crippen molar-refractivity contribution in [3.05, 3.63) is 18.2 Å². The summed E-state index contributed by atoms with van der Waals surface area (Å²) < 4.78 is 16.1. The molecule has 2 heterocycles. The van der Waals surface area contributed by atoms with Gasteiger partial charge in [0.1, 0.15) is 5.75 Å². The standard InChI is InChI=1S/C15H19NO4/c17-15(16-7-3-1-2-4-8-16)10-18-12-5-6-13-14(9-12)20-11-19-13/h5-6,9H,1-4,7-8,10-11H2. The largest absolute Gasteiger partial charge is 0.484 e. The van der Waals surface area contributed by atoms with Crippen molar-refractivity contribution in [1.29, 1.82) is 0 Å². The Labute approximate surface area is 118 Å². The highest BCUT2D eigenvalue weighted by atomic mass is 16.7. The van der Waals surface area contributed by atoms with Crippen LogP contribution in [-0.4, -0.2) is 37.3 Å². The summed E-state index contributed by atoms with van der Waals surface area (Å²) in [4.78, 5) is 14.0. The molecule has 5 heteroatoms. The molecule has 2 aliphatic heterocycles. The average Bonchev–Trinajstić information content (AvgIpc) is 2.76. The molecule has 0 aliphatic carbocycles. The second-order valence-corrected chi connectivity index (χ2v) is 5.10. The van der Waals surface area contributed by atoms with Crippen LogP contribution in [0.1, 0.15) is 25.7 Å². The number of hydrogen-bond donors (Lipinski definition) is 0. The first-order valence-electron chi connectivity index (χ1n) is 7.13. The van der Waals surface area contributed by atoms with E-state index < -0.39 is 0 Å². The third-order valence-electron chi connectivity index (χ3n) is 3.67. The van der Waals surface area contributed by atoms with Crippen molar-refractivity contribution in [2.75, 3.05) is 26.5 Å². The highest BCUT2D eigenvalue weighted by molar-refractivity contribution is 5.77. The maximum atomic E-state index is 12.1. The molecule has 108 valence electrons. The summed E-state index contributed by atoms with van der Waals surface area (Å²) in [6.07, 6.45) is 4.62. The third-order valence-corrected chi connectivity index (χ3v) is 3.67. The van der Waals surface area contributed by atoms with Crippen molar-refractivity contribution >= 4 is 5.91 Å². The highest BCUT2D eigenvalue weighted by Gasteiger charge is 2.17. The zero-order valence-electron chi connectivity index (χ0n) is 11.5. The molecule has 0 aromatic heterocycles. The first-order chi connectivity index (χ1) is 9.83. The summed E-state index contributed by atoms with van der Waals surface area (Å²) >= 11 is 0. The molecule has 2 aliphatic rings. The topological polar surface area (TPSA) is 48.0 Å². The van der Waals surface area contributed by atoms with Gasteiger partial charge in [-0.25, -0.2) is 0 Å². The van der Waals surface area contributed by atoms with Gasteiger partial charge in [0.05, 0.1) is 0 Å². The maximum absolute atomic E-state index is 12.1. The summed E-state index contributed by atoms with van der Waals surface area (Å²) in [5.41, 5.74) is 0.